The van der Waals surface area contributed by atoms with Crippen molar-refractivity contribution in [2.24, 2.45) is 0 Å². The molecule has 4 aromatic carbocycles. The minimum Gasteiger partial charge on any atom is -0.325 e. The molecule has 0 unspecified atom stereocenters. The molecule has 1 aromatic heterocycles. The lowest BCUT2D eigenvalue weighted by molar-refractivity contribution is -0.115. The van der Waals surface area contributed by atoms with Gasteiger partial charge in [0.2, 0.25) is 11.8 Å². The molecule has 2 amide bonds. The summed E-state index contributed by atoms with van der Waals surface area (Å²) in [6, 6.07) is 31.7. The molecule has 0 aliphatic heterocycles. The minimum absolute atomic E-state index is 0.152. The molecule has 0 spiro atoms. The van der Waals surface area contributed by atoms with Crippen LogP contribution in [0.3, 0.4) is 0 Å². The number of aryl methyl sites for hydroxylation is 1. The van der Waals surface area contributed by atoms with Gasteiger partial charge in [-0.15, -0.1) is 11.3 Å². The quantitative estimate of drug-likeness (QED) is 0.125. The fraction of sp³-hybridized carbons (Fsp3) is 0.0833. The Bertz CT molecular complexity index is 2000. The van der Waals surface area contributed by atoms with Gasteiger partial charge < -0.3 is 10.6 Å². The van der Waals surface area contributed by atoms with E-state index in [4.69, 9.17) is 0 Å². The van der Waals surface area contributed by atoms with Crippen LogP contribution in [0.4, 0.5) is 11.4 Å². The second kappa shape index (κ2) is 13.7. The molecule has 0 radical (unpaired) electrons. The average molecular weight is 635 g/mol. The highest BCUT2D eigenvalue weighted by molar-refractivity contribution is 7.90. The van der Waals surface area contributed by atoms with Gasteiger partial charge >= 0.3 is 0 Å². The van der Waals surface area contributed by atoms with E-state index in [9.17, 15) is 22.8 Å². The van der Waals surface area contributed by atoms with E-state index in [0.29, 0.717) is 16.9 Å². The smallest absolute Gasteiger partial charge is 0.248 e. The molecule has 0 aliphatic rings. The fourth-order valence-corrected chi connectivity index (χ4v) is 6.10. The van der Waals surface area contributed by atoms with Gasteiger partial charge in [-0.2, -0.15) is 0 Å². The second-order valence-electron chi connectivity index (χ2n) is 10.5. The van der Waals surface area contributed by atoms with Crippen LogP contribution < -0.4 is 10.6 Å². The van der Waals surface area contributed by atoms with Gasteiger partial charge in [-0.25, -0.2) is 8.42 Å². The lowest BCUT2D eigenvalue weighted by Crippen LogP contribution is -2.18. The first-order valence-electron chi connectivity index (χ1n) is 14.0. The molecule has 45 heavy (non-hydrogen) atoms. The van der Waals surface area contributed by atoms with E-state index in [1.807, 2.05) is 49.4 Å². The van der Waals surface area contributed by atoms with Crippen molar-refractivity contribution in [3.05, 3.63) is 142 Å². The highest BCUT2D eigenvalue weighted by Crippen LogP contribution is 2.30. The molecule has 0 fully saturated rings. The van der Waals surface area contributed by atoms with Crippen LogP contribution in [-0.4, -0.2) is 32.3 Å². The Labute approximate surface area is 266 Å². The summed E-state index contributed by atoms with van der Waals surface area (Å²) < 4.78 is 23.5. The van der Waals surface area contributed by atoms with Crippen LogP contribution in [0.25, 0.3) is 16.5 Å². The predicted octanol–water partition coefficient (Wildman–Crippen LogP) is 7.19. The van der Waals surface area contributed by atoms with Gasteiger partial charge in [-0.1, -0.05) is 72.3 Å². The van der Waals surface area contributed by atoms with Crippen LogP contribution in [0.1, 0.15) is 31.9 Å². The molecule has 226 valence electrons. The van der Waals surface area contributed by atoms with E-state index in [1.54, 1.807) is 72.8 Å². The Kier molecular flexibility index (Phi) is 9.51. The number of benzene rings is 4. The Morgan fingerprint density at radius 2 is 1.51 bits per heavy atom. The maximum Gasteiger partial charge on any atom is 0.248 e. The summed E-state index contributed by atoms with van der Waals surface area (Å²) in [6.07, 6.45) is 4.41. The summed E-state index contributed by atoms with van der Waals surface area (Å²) in [4.78, 5) is 41.2. The third-order valence-electron chi connectivity index (χ3n) is 6.92. The number of hydrogen-bond donors (Lipinski definition) is 2. The first-order valence-corrected chi connectivity index (χ1v) is 16.7. The van der Waals surface area contributed by atoms with Gasteiger partial charge in [-0.05, 0) is 66.6 Å². The van der Waals surface area contributed by atoms with Gasteiger partial charge in [0.15, 0.2) is 15.6 Å². The van der Waals surface area contributed by atoms with E-state index < -0.39 is 15.7 Å². The number of sulfone groups is 1. The molecule has 0 saturated carbocycles. The van der Waals surface area contributed by atoms with Crippen LogP contribution in [0.2, 0.25) is 0 Å². The standard InChI is InChI=1S/C36H30N2O5S2/c1-24-8-10-25(11-9-24)22-35(40)38-32-19-14-28(23-31(32)36(41)27-6-4-3-5-7-27)37-34(39)21-16-29-15-20-33(44-29)26-12-17-30(18-13-26)45(2,42)43/h3-21,23H,22H2,1-2H3,(H,37,39)(H,38,40)/b21-16+. The highest BCUT2D eigenvalue weighted by Gasteiger charge is 2.17. The molecule has 0 bridgehead atoms. The number of thiophene rings is 1. The Morgan fingerprint density at radius 3 is 2.20 bits per heavy atom. The van der Waals surface area contributed by atoms with Crippen LogP contribution >= 0.6 is 11.3 Å². The molecule has 1 heterocycles. The topological polar surface area (TPSA) is 109 Å². The van der Waals surface area contributed by atoms with E-state index in [2.05, 4.69) is 10.6 Å². The zero-order valence-corrected chi connectivity index (χ0v) is 26.2. The molecule has 0 atom stereocenters. The first-order chi connectivity index (χ1) is 21.5. The Balaban J connectivity index is 1.30. The zero-order valence-electron chi connectivity index (χ0n) is 24.6. The van der Waals surface area contributed by atoms with Gasteiger partial charge in [0, 0.05) is 38.9 Å². The van der Waals surface area contributed by atoms with Gasteiger partial charge in [0.1, 0.15) is 0 Å². The number of carbonyl (C=O) groups is 3. The van der Waals surface area contributed by atoms with E-state index >= 15 is 0 Å². The molecule has 5 aromatic rings. The number of amides is 2. The number of carbonyl (C=O) groups excluding carboxylic acids is 3. The molecular formula is C36H30N2O5S2. The lowest BCUT2D eigenvalue weighted by atomic mass is 10.0. The summed E-state index contributed by atoms with van der Waals surface area (Å²) in [5.41, 5.74) is 4.29. The van der Waals surface area contributed by atoms with Crippen molar-refractivity contribution in [2.75, 3.05) is 16.9 Å². The molecule has 7 nitrogen and oxygen atoms in total. The molecular weight excluding hydrogens is 605 g/mol. The average Bonchev–Trinajstić information content (AvgIpc) is 3.51. The predicted molar refractivity (Wildman–Crippen MR) is 180 cm³/mol. The van der Waals surface area contributed by atoms with E-state index in [1.165, 1.54) is 23.7 Å². The van der Waals surface area contributed by atoms with Crippen LogP contribution in [-0.2, 0) is 25.8 Å². The van der Waals surface area contributed by atoms with Crippen molar-refractivity contribution in [3.63, 3.8) is 0 Å². The van der Waals surface area contributed by atoms with Crippen molar-refractivity contribution < 1.29 is 22.8 Å². The lowest BCUT2D eigenvalue weighted by Gasteiger charge is -2.13. The maximum atomic E-state index is 13.5. The van der Waals surface area contributed by atoms with E-state index in [0.717, 1.165) is 26.4 Å². The number of nitrogens with one attached hydrogen (secondary N) is 2. The summed E-state index contributed by atoms with van der Waals surface area (Å²) >= 11 is 1.46. The van der Waals surface area contributed by atoms with Gasteiger partial charge in [0.05, 0.1) is 17.0 Å². The molecule has 0 saturated heterocycles. The van der Waals surface area contributed by atoms with Crippen molar-refractivity contribution in [1.82, 2.24) is 0 Å². The number of rotatable bonds is 10. The number of anilines is 2. The summed E-state index contributed by atoms with van der Waals surface area (Å²) in [6.45, 7) is 1.98. The third kappa shape index (κ3) is 8.29. The fourth-order valence-electron chi connectivity index (χ4n) is 4.56. The van der Waals surface area contributed by atoms with Crippen molar-refractivity contribution in [2.45, 2.75) is 18.2 Å². The Morgan fingerprint density at radius 1 is 0.800 bits per heavy atom. The van der Waals surface area contributed by atoms with Crippen molar-refractivity contribution in [1.29, 1.82) is 0 Å². The molecule has 9 heteroatoms. The summed E-state index contributed by atoms with van der Waals surface area (Å²) in [7, 11) is -3.27. The van der Waals surface area contributed by atoms with Crippen LogP contribution in [0, 0.1) is 6.92 Å². The van der Waals surface area contributed by atoms with Crippen LogP contribution in [0.5, 0.6) is 0 Å². The largest absolute Gasteiger partial charge is 0.325 e. The van der Waals surface area contributed by atoms with Crippen molar-refractivity contribution >= 4 is 56.2 Å². The third-order valence-corrected chi connectivity index (χ3v) is 9.15. The van der Waals surface area contributed by atoms with E-state index in [-0.39, 0.29) is 28.6 Å². The van der Waals surface area contributed by atoms with Gasteiger partial charge in [-0.3, -0.25) is 14.4 Å². The first kappa shape index (κ1) is 31.3. The Hall–Kier alpha value is -5.12. The minimum atomic E-state index is -3.27. The SMILES string of the molecule is Cc1ccc(CC(=O)Nc2ccc(NC(=O)/C=C/c3ccc(-c4ccc(S(C)(=O)=O)cc4)s3)cc2C(=O)c2ccccc2)cc1. The molecule has 0 aliphatic carbocycles. The molecule has 2 N–H and O–H groups in total. The van der Waals surface area contributed by atoms with Gasteiger partial charge in [0.25, 0.3) is 0 Å². The summed E-state index contributed by atoms with van der Waals surface area (Å²) in [5, 5.41) is 5.66. The zero-order chi connectivity index (χ0) is 32.0. The summed E-state index contributed by atoms with van der Waals surface area (Å²) in [5.74, 6) is -0.942. The monoisotopic (exact) mass is 634 g/mol. The van der Waals surface area contributed by atoms with Crippen LogP contribution in [0.15, 0.2) is 120 Å². The number of hydrogen-bond acceptors (Lipinski definition) is 6. The highest BCUT2D eigenvalue weighted by atomic mass is 32.2. The second-order valence-corrected chi connectivity index (χ2v) is 13.6. The maximum absolute atomic E-state index is 13.5. The number of ketones is 1. The normalized spacial score (nSPS) is 11.3. The van der Waals surface area contributed by atoms with Crippen molar-refractivity contribution in [3.8, 4) is 10.4 Å². The molecule has 5 rings (SSSR count).